The molecule has 1 saturated heterocycles. The van der Waals surface area contributed by atoms with Crippen molar-refractivity contribution in [3.8, 4) is 0 Å². The number of piperidine rings is 1. The van der Waals surface area contributed by atoms with Crippen LogP contribution in [0.1, 0.15) is 35.0 Å². The molecule has 4 nitrogen and oxygen atoms in total. The summed E-state index contributed by atoms with van der Waals surface area (Å²) in [6, 6.07) is 2.02. The maximum atomic E-state index is 11.5. The van der Waals surface area contributed by atoms with Gasteiger partial charge in [-0.3, -0.25) is 15.1 Å². The lowest BCUT2D eigenvalue weighted by Crippen LogP contribution is -2.34. The lowest BCUT2D eigenvalue weighted by molar-refractivity contribution is 0.0955. The number of likely N-dealkylation sites (tertiary alicyclic amines) is 1. The van der Waals surface area contributed by atoms with E-state index in [1.54, 1.807) is 0 Å². The SMILES string of the molecule is CC1CCN(Cc2ccsc2C(=O)NN)CC1. The first-order valence-electron chi connectivity index (χ1n) is 6.00. The second-order valence-corrected chi connectivity index (χ2v) is 5.62. The fourth-order valence-corrected chi connectivity index (χ4v) is 3.00. The Labute approximate surface area is 106 Å². The number of amides is 1. The van der Waals surface area contributed by atoms with Crippen molar-refractivity contribution in [1.29, 1.82) is 0 Å². The molecule has 0 spiro atoms. The van der Waals surface area contributed by atoms with Gasteiger partial charge in [0.1, 0.15) is 0 Å². The Morgan fingerprint density at radius 1 is 1.59 bits per heavy atom. The summed E-state index contributed by atoms with van der Waals surface area (Å²) in [5, 5.41) is 1.95. The zero-order chi connectivity index (χ0) is 12.3. The molecule has 0 unspecified atom stereocenters. The molecule has 0 aliphatic carbocycles. The first-order valence-corrected chi connectivity index (χ1v) is 6.88. The van der Waals surface area contributed by atoms with Gasteiger partial charge in [0, 0.05) is 6.54 Å². The number of nitrogens with one attached hydrogen (secondary N) is 1. The maximum Gasteiger partial charge on any atom is 0.275 e. The van der Waals surface area contributed by atoms with Crippen molar-refractivity contribution < 1.29 is 4.79 Å². The van der Waals surface area contributed by atoms with E-state index >= 15 is 0 Å². The molecular weight excluding hydrogens is 234 g/mol. The fraction of sp³-hybridized carbons (Fsp3) is 0.583. The molecule has 5 heteroatoms. The van der Waals surface area contributed by atoms with Gasteiger partial charge in [-0.2, -0.15) is 0 Å². The van der Waals surface area contributed by atoms with Crippen LogP contribution < -0.4 is 11.3 Å². The zero-order valence-corrected chi connectivity index (χ0v) is 10.9. The van der Waals surface area contributed by atoms with Crippen molar-refractivity contribution in [1.82, 2.24) is 10.3 Å². The van der Waals surface area contributed by atoms with Crippen LogP contribution in [0.5, 0.6) is 0 Å². The van der Waals surface area contributed by atoms with Crippen molar-refractivity contribution in [3.05, 3.63) is 21.9 Å². The Hall–Kier alpha value is -0.910. The summed E-state index contributed by atoms with van der Waals surface area (Å²) in [6.45, 7) is 5.41. The Morgan fingerprint density at radius 3 is 2.94 bits per heavy atom. The number of rotatable bonds is 3. The zero-order valence-electron chi connectivity index (χ0n) is 10.1. The third kappa shape index (κ3) is 3.06. The minimum atomic E-state index is -0.180. The number of thiophene rings is 1. The Balaban J connectivity index is 1.99. The average molecular weight is 253 g/mol. The Bertz CT molecular complexity index is 383. The van der Waals surface area contributed by atoms with Crippen molar-refractivity contribution in [2.45, 2.75) is 26.3 Å². The third-order valence-electron chi connectivity index (χ3n) is 3.35. The van der Waals surface area contributed by atoms with E-state index < -0.39 is 0 Å². The highest BCUT2D eigenvalue weighted by atomic mass is 32.1. The largest absolute Gasteiger partial charge is 0.299 e. The second kappa shape index (κ2) is 5.62. The van der Waals surface area contributed by atoms with Gasteiger partial charge in [0.2, 0.25) is 0 Å². The van der Waals surface area contributed by atoms with Crippen molar-refractivity contribution in [2.75, 3.05) is 13.1 Å². The molecule has 94 valence electrons. The Morgan fingerprint density at radius 2 is 2.29 bits per heavy atom. The van der Waals surface area contributed by atoms with Crippen LogP contribution in [0.2, 0.25) is 0 Å². The molecule has 1 amide bonds. The number of hydrogen-bond donors (Lipinski definition) is 2. The third-order valence-corrected chi connectivity index (χ3v) is 4.31. The molecule has 0 radical (unpaired) electrons. The molecule has 0 saturated carbocycles. The van der Waals surface area contributed by atoms with E-state index in [9.17, 15) is 4.79 Å². The van der Waals surface area contributed by atoms with Gasteiger partial charge in [-0.05, 0) is 48.9 Å². The van der Waals surface area contributed by atoms with Crippen LogP contribution in [-0.4, -0.2) is 23.9 Å². The van der Waals surface area contributed by atoms with Crippen LogP contribution in [-0.2, 0) is 6.54 Å². The van der Waals surface area contributed by atoms with E-state index in [0.29, 0.717) is 0 Å². The normalized spacial score (nSPS) is 18.2. The van der Waals surface area contributed by atoms with Crippen LogP contribution in [0.15, 0.2) is 11.4 Å². The summed E-state index contributed by atoms with van der Waals surface area (Å²) in [4.78, 5) is 14.7. The van der Waals surface area contributed by atoms with Gasteiger partial charge in [0.05, 0.1) is 4.88 Å². The molecule has 0 aromatic carbocycles. The average Bonchev–Trinajstić information content (AvgIpc) is 2.79. The number of carbonyl (C=O) groups excluding carboxylic acids is 1. The quantitative estimate of drug-likeness (QED) is 0.488. The molecule has 2 rings (SSSR count). The summed E-state index contributed by atoms with van der Waals surface area (Å²) >= 11 is 1.45. The first-order chi connectivity index (χ1) is 8.20. The Kier molecular flexibility index (Phi) is 4.15. The molecule has 0 bridgehead atoms. The second-order valence-electron chi connectivity index (χ2n) is 4.71. The number of nitrogens with zero attached hydrogens (tertiary/aromatic N) is 1. The number of nitrogens with two attached hydrogens (primary N) is 1. The minimum absolute atomic E-state index is 0.180. The van der Waals surface area contributed by atoms with Gasteiger partial charge in [-0.15, -0.1) is 11.3 Å². The highest BCUT2D eigenvalue weighted by molar-refractivity contribution is 7.12. The van der Waals surface area contributed by atoms with Crippen molar-refractivity contribution in [2.24, 2.45) is 11.8 Å². The summed E-state index contributed by atoms with van der Waals surface area (Å²) in [7, 11) is 0. The molecule has 0 atom stereocenters. The molecule has 1 fully saturated rings. The predicted molar refractivity (Wildman–Crippen MR) is 69.6 cm³/mol. The predicted octanol–water partition coefficient (Wildman–Crippen LogP) is 1.58. The van der Waals surface area contributed by atoms with Gasteiger partial charge in [-0.1, -0.05) is 6.92 Å². The van der Waals surface area contributed by atoms with Gasteiger partial charge in [-0.25, -0.2) is 5.84 Å². The topological polar surface area (TPSA) is 58.4 Å². The summed E-state index contributed by atoms with van der Waals surface area (Å²) in [6.07, 6.45) is 2.51. The molecule has 1 aliphatic heterocycles. The highest BCUT2D eigenvalue weighted by Gasteiger charge is 2.19. The summed E-state index contributed by atoms with van der Waals surface area (Å²) < 4.78 is 0. The molecule has 2 heterocycles. The molecule has 1 aliphatic rings. The van der Waals surface area contributed by atoms with Gasteiger partial charge >= 0.3 is 0 Å². The van der Waals surface area contributed by atoms with Gasteiger partial charge in [0.25, 0.3) is 5.91 Å². The molecule has 1 aromatic rings. The highest BCUT2D eigenvalue weighted by Crippen LogP contribution is 2.22. The first kappa shape index (κ1) is 12.5. The fourth-order valence-electron chi connectivity index (χ4n) is 2.19. The lowest BCUT2D eigenvalue weighted by Gasteiger charge is -2.30. The summed E-state index contributed by atoms with van der Waals surface area (Å²) in [5.74, 6) is 5.83. The van der Waals surface area contributed by atoms with Crippen molar-refractivity contribution in [3.63, 3.8) is 0 Å². The standard InChI is InChI=1S/C12H19N3OS/c1-9-2-5-15(6-3-9)8-10-4-7-17-11(10)12(16)14-13/h4,7,9H,2-3,5-6,8,13H2,1H3,(H,14,16). The van der Waals surface area contributed by atoms with E-state index in [1.807, 2.05) is 11.4 Å². The lowest BCUT2D eigenvalue weighted by atomic mass is 9.99. The van der Waals surface area contributed by atoms with Crippen LogP contribution in [0.4, 0.5) is 0 Å². The van der Waals surface area contributed by atoms with E-state index in [0.717, 1.165) is 36.0 Å². The monoisotopic (exact) mass is 253 g/mol. The van der Waals surface area contributed by atoms with Gasteiger partial charge in [0.15, 0.2) is 0 Å². The van der Waals surface area contributed by atoms with Crippen LogP contribution >= 0.6 is 11.3 Å². The van der Waals surface area contributed by atoms with Crippen LogP contribution in [0, 0.1) is 5.92 Å². The van der Waals surface area contributed by atoms with Crippen LogP contribution in [0.25, 0.3) is 0 Å². The molecular formula is C12H19N3OS. The van der Waals surface area contributed by atoms with E-state index in [-0.39, 0.29) is 5.91 Å². The number of nitrogen functional groups attached to an aromatic ring is 1. The van der Waals surface area contributed by atoms with Gasteiger partial charge < -0.3 is 0 Å². The smallest absolute Gasteiger partial charge is 0.275 e. The number of carbonyl (C=O) groups is 1. The van der Waals surface area contributed by atoms with E-state index in [2.05, 4.69) is 17.2 Å². The van der Waals surface area contributed by atoms with Crippen LogP contribution in [0.3, 0.4) is 0 Å². The van der Waals surface area contributed by atoms with E-state index in [1.165, 1.54) is 24.2 Å². The minimum Gasteiger partial charge on any atom is -0.299 e. The summed E-state index contributed by atoms with van der Waals surface area (Å²) in [5.41, 5.74) is 3.30. The van der Waals surface area contributed by atoms with E-state index in [4.69, 9.17) is 5.84 Å². The molecule has 1 aromatic heterocycles. The number of hydrazine groups is 1. The van der Waals surface area contributed by atoms with Crippen molar-refractivity contribution >= 4 is 17.2 Å². The molecule has 3 N–H and O–H groups in total. The maximum absolute atomic E-state index is 11.5. The molecule has 17 heavy (non-hydrogen) atoms. The number of hydrogen-bond acceptors (Lipinski definition) is 4.